The summed E-state index contributed by atoms with van der Waals surface area (Å²) in [5, 5.41) is 0. The normalized spacial score (nSPS) is 14.1. The van der Waals surface area contributed by atoms with E-state index >= 15 is 0 Å². The number of hydrogen-bond donors (Lipinski definition) is 0. The lowest BCUT2D eigenvalue weighted by molar-refractivity contribution is -0.185. The van der Waals surface area contributed by atoms with Gasteiger partial charge in [-0.3, -0.25) is 4.79 Å². The minimum Gasteiger partial charge on any atom is -0.458 e. The van der Waals surface area contributed by atoms with Crippen LogP contribution in [0.5, 0.6) is 0 Å². The van der Waals surface area contributed by atoms with Gasteiger partial charge in [0.15, 0.2) is 24.4 Å². The smallest absolute Gasteiger partial charge is 0.347 e. The number of carbonyl (C=O) groups excluding carboxylic acids is 5. The van der Waals surface area contributed by atoms with Crippen molar-refractivity contribution in [2.45, 2.75) is 78.5 Å². The van der Waals surface area contributed by atoms with Crippen LogP contribution < -0.4 is 0 Å². The van der Waals surface area contributed by atoms with E-state index in [2.05, 4.69) is 0 Å². The molecule has 0 bridgehead atoms. The molecule has 0 fully saturated rings. The van der Waals surface area contributed by atoms with Gasteiger partial charge in [0.1, 0.15) is 6.61 Å². The van der Waals surface area contributed by atoms with Gasteiger partial charge in [0.05, 0.1) is 0 Å². The Hall–Kier alpha value is -3.43. The van der Waals surface area contributed by atoms with E-state index in [4.69, 9.17) is 23.7 Å². The molecule has 0 radical (unpaired) electrons. The first kappa shape index (κ1) is 27.6. The van der Waals surface area contributed by atoms with Crippen LogP contribution in [0.4, 0.5) is 0 Å². The van der Waals surface area contributed by atoms with Crippen molar-refractivity contribution in [3.05, 3.63) is 35.9 Å². The molecule has 0 aliphatic heterocycles. The Balaban J connectivity index is 2.44. The van der Waals surface area contributed by atoms with Crippen molar-refractivity contribution < 1.29 is 47.7 Å². The highest BCUT2D eigenvalue weighted by Gasteiger charge is 2.30. The van der Waals surface area contributed by atoms with E-state index in [1.165, 1.54) is 27.7 Å². The second-order valence-corrected chi connectivity index (χ2v) is 7.21. The molecule has 4 atom stereocenters. The molecule has 0 amide bonds. The van der Waals surface area contributed by atoms with Gasteiger partial charge in [-0.1, -0.05) is 37.3 Å². The van der Waals surface area contributed by atoms with Crippen LogP contribution in [0.15, 0.2) is 30.3 Å². The molecule has 1 aromatic carbocycles. The fraction of sp³-hybridized carbons (Fsp3) is 0.522. The standard InChI is InChI=1S/C23H30O10/c1-6-10-19(24)30-15(3)21(26)32-17(5)23(28)33-16(4)22(27)31-14(2)20(25)29-13-18-11-8-7-9-12-18/h7-9,11-12,14-17H,6,10,13H2,1-5H3/t14-,15+,16-,17-/m1/s1. The molecule has 0 saturated carbocycles. The Morgan fingerprint density at radius 2 is 1.09 bits per heavy atom. The average Bonchev–Trinajstić information content (AvgIpc) is 2.77. The zero-order chi connectivity index (χ0) is 25.0. The van der Waals surface area contributed by atoms with Crippen LogP contribution >= 0.6 is 0 Å². The Bertz CT molecular complexity index is 820. The fourth-order valence-electron chi connectivity index (χ4n) is 2.31. The predicted molar refractivity (Wildman–Crippen MR) is 113 cm³/mol. The molecule has 33 heavy (non-hydrogen) atoms. The first-order chi connectivity index (χ1) is 15.5. The van der Waals surface area contributed by atoms with Gasteiger partial charge in [0.2, 0.25) is 0 Å². The van der Waals surface area contributed by atoms with Crippen LogP contribution in [0.2, 0.25) is 0 Å². The minimum absolute atomic E-state index is 0.0150. The Kier molecular flexibility index (Phi) is 11.6. The molecule has 0 aliphatic carbocycles. The van der Waals surface area contributed by atoms with Crippen molar-refractivity contribution in [2.24, 2.45) is 0 Å². The highest BCUT2D eigenvalue weighted by atomic mass is 16.6. The van der Waals surface area contributed by atoms with Gasteiger partial charge in [0, 0.05) is 6.42 Å². The summed E-state index contributed by atoms with van der Waals surface area (Å²) < 4.78 is 24.8. The summed E-state index contributed by atoms with van der Waals surface area (Å²) in [6.07, 6.45) is -4.47. The van der Waals surface area contributed by atoms with Crippen molar-refractivity contribution in [3.8, 4) is 0 Å². The van der Waals surface area contributed by atoms with Crippen LogP contribution in [0.25, 0.3) is 0 Å². The summed E-state index contributed by atoms with van der Waals surface area (Å²) in [6, 6.07) is 8.95. The third-order valence-corrected chi connectivity index (χ3v) is 4.19. The van der Waals surface area contributed by atoms with Gasteiger partial charge < -0.3 is 23.7 Å². The molecule has 1 aromatic rings. The summed E-state index contributed by atoms with van der Waals surface area (Å²) in [5.41, 5.74) is 0.768. The lowest BCUT2D eigenvalue weighted by Crippen LogP contribution is -2.37. The molecule has 0 N–H and O–H groups in total. The number of benzene rings is 1. The lowest BCUT2D eigenvalue weighted by Gasteiger charge is -2.19. The molecule has 10 heteroatoms. The van der Waals surface area contributed by atoms with E-state index in [1.54, 1.807) is 31.2 Å². The zero-order valence-electron chi connectivity index (χ0n) is 19.4. The van der Waals surface area contributed by atoms with Crippen molar-refractivity contribution >= 4 is 29.8 Å². The lowest BCUT2D eigenvalue weighted by atomic mass is 10.2. The molecule has 10 nitrogen and oxygen atoms in total. The van der Waals surface area contributed by atoms with Gasteiger partial charge in [-0.25, -0.2) is 19.2 Å². The van der Waals surface area contributed by atoms with Crippen LogP contribution in [0.1, 0.15) is 53.0 Å². The first-order valence-electron chi connectivity index (χ1n) is 10.6. The van der Waals surface area contributed by atoms with Crippen LogP contribution in [-0.4, -0.2) is 54.3 Å². The van der Waals surface area contributed by atoms with E-state index in [-0.39, 0.29) is 13.0 Å². The summed E-state index contributed by atoms with van der Waals surface area (Å²) in [7, 11) is 0. The van der Waals surface area contributed by atoms with Crippen molar-refractivity contribution in [3.63, 3.8) is 0 Å². The second-order valence-electron chi connectivity index (χ2n) is 7.21. The van der Waals surface area contributed by atoms with Gasteiger partial charge in [0.25, 0.3) is 0 Å². The maximum Gasteiger partial charge on any atom is 0.347 e. The van der Waals surface area contributed by atoms with Gasteiger partial charge in [-0.2, -0.15) is 0 Å². The molecular weight excluding hydrogens is 436 g/mol. The molecule has 1 rings (SSSR count). The highest BCUT2D eigenvalue weighted by molar-refractivity contribution is 5.85. The molecular formula is C23H30O10. The Morgan fingerprint density at radius 1 is 0.667 bits per heavy atom. The van der Waals surface area contributed by atoms with E-state index in [9.17, 15) is 24.0 Å². The topological polar surface area (TPSA) is 132 Å². The highest BCUT2D eigenvalue weighted by Crippen LogP contribution is 2.08. The third kappa shape index (κ3) is 10.2. The van der Waals surface area contributed by atoms with Gasteiger partial charge >= 0.3 is 29.8 Å². The molecule has 0 heterocycles. The number of esters is 5. The van der Waals surface area contributed by atoms with Crippen molar-refractivity contribution in [1.29, 1.82) is 0 Å². The first-order valence-corrected chi connectivity index (χ1v) is 10.6. The molecule has 182 valence electrons. The van der Waals surface area contributed by atoms with Gasteiger partial charge in [-0.15, -0.1) is 0 Å². The molecule has 0 spiro atoms. The summed E-state index contributed by atoms with van der Waals surface area (Å²) in [5.74, 6) is -4.26. The Morgan fingerprint density at radius 3 is 1.55 bits per heavy atom. The molecule has 0 aromatic heterocycles. The van der Waals surface area contributed by atoms with E-state index in [1.807, 2.05) is 6.07 Å². The van der Waals surface area contributed by atoms with Crippen molar-refractivity contribution in [1.82, 2.24) is 0 Å². The molecule has 0 aliphatic rings. The van der Waals surface area contributed by atoms with Crippen LogP contribution in [-0.2, 0) is 54.3 Å². The fourth-order valence-corrected chi connectivity index (χ4v) is 2.31. The maximum absolute atomic E-state index is 12.1. The summed E-state index contributed by atoms with van der Waals surface area (Å²) in [6.45, 7) is 6.91. The summed E-state index contributed by atoms with van der Waals surface area (Å²) in [4.78, 5) is 59.6. The van der Waals surface area contributed by atoms with Crippen LogP contribution in [0.3, 0.4) is 0 Å². The quantitative estimate of drug-likeness (QED) is 0.334. The van der Waals surface area contributed by atoms with E-state index in [0.29, 0.717) is 6.42 Å². The maximum atomic E-state index is 12.1. The van der Waals surface area contributed by atoms with Gasteiger partial charge in [-0.05, 0) is 39.7 Å². The van der Waals surface area contributed by atoms with E-state index in [0.717, 1.165) is 5.56 Å². The monoisotopic (exact) mass is 466 g/mol. The SMILES string of the molecule is CCCC(=O)O[C@@H](C)C(=O)O[C@H](C)C(=O)O[C@H](C)C(=O)O[C@H](C)C(=O)OCc1ccccc1. The number of ether oxygens (including phenoxy) is 5. The van der Waals surface area contributed by atoms with Crippen LogP contribution in [0, 0.1) is 0 Å². The molecule has 0 saturated heterocycles. The zero-order valence-corrected chi connectivity index (χ0v) is 19.4. The number of carbonyl (C=O) groups is 5. The third-order valence-electron chi connectivity index (χ3n) is 4.19. The summed E-state index contributed by atoms with van der Waals surface area (Å²) >= 11 is 0. The van der Waals surface area contributed by atoms with E-state index < -0.39 is 54.3 Å². The average molecular weight is 466 g/mol. The minimum atomic E-state index is -1.37. The second kappa shape index (κ2) is 13.9. The number of rotatable bonds is 12. The number of hydrogen-bond acceptors (Lipinski definition) is 10. The largest absolute Gasteiger partial charge is 0.458 e. The predicted octanol–water partition coefficient (Wildman–Crippen LogP) is 2.26. The van der Waals surface area contributed by atoms with Crippen molar-refractivity contribution in [2.75, 3.05) is 0 Å². The molecule has 0 unspecified atom stereocenters. The Labute approximate surface area is 192 Å².